The number of benzene rings is 2. The SMILES string of the molecule is CCOC(=O)[C@@]12C[C@]1(C(=O)c1ccccc1)[C@H](O)c1cc(Cl)ccc1O2. The van der Waals surface area contributed by atoms with Crippen molar-refractivity contribution >= 4 is 23.4 Å². The molecule has 0 bridgehead atoms. The van der Waals surface area contributed by atoms with Crippen LogP contribution in [-0.4, -0.2) is 29.1 Å². The minimum absolute atomic E-state index is 0.0556. The molecule has 1 heterocycles. The van der Waals surface area contributed by atoms with Gasteiger partial charge in [0.2, 0.25) is 5.60 Å². The second-order valence-corrected chi connectivity index (χ2v) is 7.01. The molecule has 3 atom stereocenters. The van der Waals surface area contributed by atoms with Gasteiger partial charge in [0, 0.05) is 22.6 Å². The molecule has 1 aliphatic carbocycles. The van der Waals surface area contributed by atoms with E-state index < -0.39 is 23.1 Å². The fourth-order valence-electron chi connectivity index (χ4n) is 3.85. The molecule has 1 aliphatic heterocycles. The molecule has 134 valence electrons. The van der Waals surface area contributed by atoms with Crippen LogP contribution in [0.15, 0.2) is 48.5 Å². The number of hydrogen-bond acceptors (Lipinski definition) is 5. The summed E-state index contributed by atoms with van der Waals surface area (Å²) in [6.45, 7) is 1.84. The van der Waals surface area contributed by atoms with Gasteiger partial charge in [-0.2, -0.15) is 0 Å². The first kappa shape index (κ1) is 17.1. The summed E-state index contributed by atoms with van der Waals surface area (Å²) < 4.78 is 11.1. The van der Waals surface area contributed by atoms with Gasteiger partial charge in [-0.05, 0) is 25.1 Å². The van der Waals surface area contributed by atoms with Gasteiger partial charge in [-0.25, -0.2) is 4.79 Å². The largest absolute Gasteiger partial charge is 0.474 e. The molecule has 2 aromatic rings. The van der Waals surface area contributed by atoms with Gasteiger partial charge < -0.3 is 14.6 Å². The first-order valence-electron chi connectivity index (χ1n) is 8.40. The van der Waals surface area contributed by atoms with E-state index in [4.69, 9.17) is 21.1 Å². The lowest BCUT2D eigenvalue weighted by atomic mass is 9.80. The summed E-state index contributed by atoms with van der Waals surface area (Å²) in [5, 5.41) is 11.5. The van der Waals surface area contributed by atoms with Crippen molar-refractivity contribution in [3.05, 3.63) is 64.7 Å². The molecule has 26 heavy (non-hydrogen) atoms. The van der Waals surface area contributed by atoms with E-state index in [1.165, 1.54) is 0 Å². The zero-order valence-electron chi connectivity index (χ0n) is 14.1. The molecule has 0 amide bonds. The number of Topliss-reactive ketones (excluding diaryl/α,β-unsaturated/α-hetero) is 1. The molecule has 1 N–H and O–H groups in total. The van der Waals surface area contributed by atoms with Crippen LogP contribution in [0.25, 0.3) is 0 Å². The molecule has 2 aromatic carbocycles. The van der Waals surface area contributed by atoms with Gasteiger partial charge in [0.1, 0.15) is 17.3 Å². The highest BCUT2D eigenvalue weighted by Crippen LogP contribution is 2.70. The van der Waals surface area contributed by atoms with Crippen molar-refractivity contribution < 1.29 is 24.2 Å². The Morgan fingerprint density at radius 1 is 1.27 bits per heavy atom. The van der Waals surface area contributed by atoms with Crippen molar-refractivity contribution in [3.63, 3.8) is 0 Å². The Balaban J connectivity index is 1.86. The summed E-state index contributed by atoms with van der Waals surface area (Å²) in [4.78, 5) is 26.0. The quantitative estimate of drug-likeness (QED) is 0.658. The van der Waals surface area contributed by atoms with Crippen molar-refractivity contribution in [1.29, 1.82) is 0 Å². The van der Waals surface area contributed by atoms with E-state index in [0.717, 1.165) is 0 Å². The van der Waals surface area contributed by atoms with Crippen LogP contribution in [-0.2, 0) is 9.53 Å². The number of esters is 1. The summed E-state index contributed by atoms with van der Waals surface area (Å²) in [5.41, 5.74) is -2.12. The van der Waals surface area contributed by atoms with Gasteiger partial charge in [-0.1, -0.05) is 41.9 Å². The number of hydrogen-bond donors (Lipinski definition) is 1. The number of fused-ring (bicyclic) bond motifs is 2. The van der Waals surface area contributed by atoms with Gasteiger partial charge in [-0.15, -0.1) is 0 Å². The molecule has 0 radical (unpaired) electrons. The Labute approximate surface area is 155 Å². The number of carbonyl (C=O) groups is 2. The number of rotatable bonds is 4. The summed E-state index contributed by atoms with van der Waals surface area (Å²) in [5.74, 6) is -0.642. The first-order valence-corrected chi connectivity index (χ1v) is 8.77. The third kappa shape index (κ3) is 2.14. The Morgan fingerprint density at radius 3 is 2.69 bits per heavy atom. The van der Waals surface area contributed by atoms with Crippen molar-refractivity contribution in [1.82, 2.24) is 0 Å². The molecule has 6 heteroatoms. The topological polar surface area (TPSA) is 72.8 Å². The third-order valence-electron chi connectivity index (χ3n) is 5.19. The van der Waals surface area contributed by atoms with Crippen LogP contribution < -0.4 is 4.74 Å². The maximum atomic E-state index is 13.3. The van der Waals surface area contributed by atoms with Gasteiger partial charge in [0.25, 0.3) is 0 Å². The average molecular weight is 373 g/mol. The van der Waals surface area contributed by atoms with Gasteiger partial charge in [0.15, 0.2) is 5.78 Å². The van der Waals surface area contributed by atoms with E-state index >= 15 is 0 Å². The van der Waals surface area contributed by atoms with Crippen molar-refractivity contribution in [3.8, 4) is 5.75 Å². The standard InChI is InChI=1S/C20H17ClO5/c1-2-25-18(24)20-11-19(20,16(22)12-6-4-3-5-7-12)17(23)14-10-13(21)8-9-15(14)26-20/h3-10,17,23H,2,11H2,1H3/t17-,19+,20+/m1/s1. The molecule has 1 fully saturated rings. The van der Waals surface area contributed by atoms with Crippen LogP contribution in [0.2, 0.25) is 5.02 Å². The van der Waals surface area contributed by atoms with Gasteiger partial charge in [0.05, 0.1) is 6.61 Å². The van der Waals surface area contributed by atoms with E-state index in [1.54, 1.807) is 55.5 Å². The molecule has 0 unspecified atom stereocenters. The summed E-state index contributed by atoms with van der Waals surface area (Å²) >= 11 is 6.05. The minimum atomic E-state index is -1.52. The third-order valence-corrected chi connectivity index (χ3v) is 5.42. The smallest absolute Gasteiger partial charge is 0.351 e. The maximum absolute atomic E-state index is 13.3. The molecule has 2 aliphatic rings. The molecule has 1 saturated carbocycles. The molecule has 5 nitrogen and oxygen atoms in total. The van der Waals surface area contributed by atoms with E-state index in [2.05, 4.69) is 0 Å². The highest BCUT2D eigenvalue weighted by atomic mass is 35.5. The predicted octanol–water partition coefficient (Wildman–Crippen LogP) is 3.34. The fourth-order valence-corrected chi connectivity index (χ4v) is 4.03. The lowest BCUT2D eigenvalue weighted by molar-refractivity contribution is -0.158. The van der Waals surface area contributed by atoms with Crippen molar-refractivity contribution in [2.45, 2.75) is 25.0 Å². The van der Waals surface area contributed by atoms with Crippen LogP contribution in [0, 0.1) is 5.41 Å². The molecular formula is C20H17ClO5. The molecule has 0 spiro atoms. The predicted molar refractivity (Wildman–Crippen MR) is 94.2 cm³/mol. The number of aliphatic hydroxyl groups is 1. The van der Waals surface area contributed by atoms with Gasteiger partial charge >= 0.3 is 5.97 Å². The lowest BCUT2D eigenvalue weighted by Crippen LogP contribution is -2.46. The van der Waals surface area contributed by atoms with Crippen LogP contribution in [0.5, 0.6) is 5.75 Å². The molecular weight excluding hydrogens is 356 g/mol. The minimum Gasteiger partial charge on any atom is -0.474 e. The monoisotopic (exact) mass is 372 g/mol. The van der Waals surface area contributed by atoms with E-state index in [-0.39, 0.29) is 18.8 Å². The Bertz CT molecular complexity index is 896. The van der Waals surface area contributed by atoms with Crippen molar-refractivity contribution in [2.24, 2.45) is 5.41 Å². The van der Waals surface area contributed by atoms with E-state index in [1.807, 2.05) is 0 Å². The molecule has 0 aromatic heterocycles. The zero-order valence-corrected chi connectivity index (χ0v) is 14.8. The number of carbonyl (C=O) groups excluding carboxylic acids is 2. The highest BCUT2D eigenvalue weighted by Gasteiger charge is 2.84. The second kappa shape index (κ2) is 5.83. The average Bonchev–Trinajstić information content (AvgIpc) is 3.35. The number of halogens is 1. The van der Waals surface area contributed by atoms with Crippen molar-refractivity contribution in [2.75, 3.05) is 6.61 Å². The highest BCUT2D eigenvalue weighted by molar-refractivity contribution is 6.30. The summed E-state index contributed by atoms with van der Waals surface area (Å²) in [6, 6.07) is 13.4. The fraction of sp³-hybridized carbons (Fsp3) is 0.300. The van der Waals surface area contributed by atoms with Gasteiger partial charge in [-0.3, -0.25) is 4.79 Å². The van der Waals surface area contributed by atoms with Crippen LogP contribution >= 0.6 is 11.6 Å². The molecule has 0 saturated heterocycles. The Hall–Kier alpha value is -2.37. The summed E-state index contributed by atoms with van der Waals surface area (Å²) in [6.07, 6.45) is -1.16. The normalized spacial score (nSPS) is 28.3. The first-order chi connectivity index (χ1) is 12.5. The van der Waals surface area contributed by atoms with Crippen LogP contribution in [0.3, 0.4) is 0 Å². The second-order valence-electron chi connectivity index (χ2n) is 6.58. The number of aliphatic hydroxyl groups excluding tert-OH is 1. The number of ether oxygens (including phenoxy) is 2. The molecule has 4 rings (SSSR count). The van der Waals surface area contributed by atoms with E-state index in [9.17, 15) is 14.7 Å². The maximum Gasteiger partial charge on any atom is 0.351 e. The zero-order chi connectivity index (χ0) is 18.5. The Morgan fingerprint density at radius 2 is 2.00 bits per heavy atom. The van der Waals surface area contributed by atoms with Crippen LogP contribution in [0.1, 0.15) is 35.4 Å². The van der Waals surface area contributed by atoms with E-state index in [0.29, 0.717) is 21.9 Å². The summed E-state index contributed by atoms with van der Waals surface area (Å²) in [7, 11) is 0. The van der Waals surface area contributed by atoms with Crippen LogP contribution in [0.4, 0.5) is 0 Å². The lowest BCUT2D eigenvalue weighted by Gasteiger charge is -2.34. The number of ketones is 1. The Kier molecular flexibility index (Phi) is 3.82.